The molecule has 1 fully saturated rings. The summed E-state index contributed by atoms with van der Waals surface area (Å²) in [6.07, 6.45) is -4.84. The largest absolute Gasteiger partial charge is 0.471 e. The van der Waals surface area contributed by atoms with Gasteiger partial charge in [0.25, 0.3) is 0 Å². The minimum atomic E-state index is -5.10. The lowest BCUT2D eigenvalue weighted by Crippen LogP contribution is -2.44. The number of hydrogen-bond acceptors (Lipinski definition) is 12. The number of halogens is 3. The van der Waals surface area contributed by atoms with E-state index in [1.165, 1.54) is 15.7 Å². The van der Waals surface area contributed by atoms with E-state index in [0.717, 1.165) is 0 Å². The summed E-state index contributed by atoms with van der Waals surface area (Å²) >= 11 is 0. The Morgan fingerprint density at radius 2 is 1.70 bits per heavy atom. The van der Waals surface area contributed by atoms with E-state index in [0.29, 0.717) is 23.7 Å². The number of carbonyl (C=O) groups excluding carboxylic acids is 2. The molecule has 0 radical (unpaired) electrons. The number of anilines is 3. The third-order valence-electron chi connectivity index (χ3n) is 10.1. The summed E-state index contributed by atoms with van der Waals surface area (Å²) in [5.74, 6) is 3.02. The predicted molar refractivity (Wildman–Crippen MR) is 232 cm³/mol. The standard InChI is InChI=1S/C41H51F3N6O7S2Si/c1-26(2)35(51)47-38-46-34-33(36(48-38)57-39(53)50(28-17-11-9-12-18-28)29-19-13-10-14-20-29)27(16-15-21-45-37(52)41(42,43)44)23-49(34)32-22-30(54-25-59-58-6)31(56-32)24-55-60(7,8)40(3,4)5/h9-14,17-20,23,26,30-32,35,51H,21-22,24-25H2,1-8H3,(H,45,52)(H,46,47,48)/t30-,31+,32+,35?/m0/s1. The van der Waals surface area contributed by atoms with E-state index in [9.17, 15) is 27.9 Å². The fourth-order valence-corrected chi connectivity index (χ4v) is 7.54. The molecule has 3 N–H and O–H groups in total. The molecule has 0 saturated carbocycles. The Kier molecular flexibility index (Phi) is 15.6. The van der Waals surface area contributed by atoms with Gasteiger partial charge in [-0.2, -0.15) is 23.1 Å². The summed E-state index contributed by atoms with van der Waals surface area (Å²) in [4.78, 5) is 36.6. The van der Waals surface area contributed by atoms with E-state index in [1.54, 1.807) is 101 Å². The number of nitrogens with one attached hydrogen (secondary N) is 2. The Morgan fingerprint density at radius 3 is 2.27 bits per heavy atom. The Balaban J connectivity index is 1.64. The normalized spacial score (nSPS) is 17.6. The molecule has 0 bridgehead atoms. The summed E-state index contributed by atoms with van der Waals surface area (Å²) in [6.45, 7) is 13.9. The van der Waals surface area contributed by atoms with Gasteiger partial charge in [0, 0.05) is 12.6 Å². The Labute approximate surface area is 357 Å². The van der Waals surface area contributed by atoms with Crippen LogP contribution in [0.25, 0.3) is 11.0 Å². The van der Waals surface area contributed by atoms with Crippen LogP contribution in [0.3, 0.4) is 0 Å². The molecule has 3 heterocycles. The van der Waals surface area contributed by atoms with Gasteiger partial charge in [-0.3, -0.25) is 4.79 Å². The van der Waals surface area contributed by atoms with Crippen LogP contribution in [-0.2, 0) is 18.7 Å². The SMILES string of the molecule is CSSCO[C@H]1C[C@H](n2cc(C#CCNC(=O)C(F)(F)F)c3c(OC(=O)N(c4ccccc4)c4ccccc4)nc(NC(O)C(C)C)nc32)O[C@@H]1CO[Si](C)(C)C(C)(C)C. The lowest BCUT2D eigenvalue weighted by Gasteiger charge is -2.37. The fourth-order valence-electron chi connectivity index (χ4n) is 5.74. The van der Waals surface area contributed by atoms with Crippen molar-refractivity contribution in [1.82, 2.24) is 19.9 Å². The van der Waals surface area contributed by atoms with Crippen LogP contribution in [-0.4, -0.2) is 89.9 Å². The molecule has 1 saturated heterocycles. The smallest absolute Gasteiger partial charge is 0.414 e. The number of carbonyl (C=O) groups is 2. The molecular weight excluding hydrogens is 838 g/mol. The Hall–Kier alpha value is -4.29. The molecule has 0 spiro atoms. The van der Waals surface area contributed by atoms with Gasteiger partial charge in [-0.15, -0.1) is 0 Å². The molecule has 19 heteroatoms. The van der Waals surface area contributed by atoms with Crippen LogP contribution in [0.5, 0.6) is 5.88 Å². The Bertz CT molecular complexity index is 2110. The van der Waals surface area contributed by atoms with E-state index >= 15 is 0 Å². The topological polar surface area (TPSA) is 149 Å². The van der Waals surface area contributed by atoms with Gasteiger partial charge in [-0.25, -0.2) is 9.69 Å². The van der Waals surface area contributed by atoms with Gasteiger partial charge in [0.15, 0.2) is 14.0 Å². The second kappa shape index (κ2) is 20.1. The van der Waals surface area contributed by atoms with Crippen molar-refractivity contribution in [3.05, 3.63) is 72.4 Å². The number of fused-ring (bicyclic) bond motifs is 1. The van der Waals surface area contributed by atoms with Crippen LogP contribution in [0.15, 0.2) is 66.9 Å². The van der Waals surface area contributed by atoms with E-state index in [4.69, 9.17) is 23.6 Å². The van der Waals surface area contributed by atoms with Gasteiger partial charge >= 0.3 is 18.2 Å². The number of amides is 2. The molecule has 4 aromatic rings. The molecule has 60 heavy (non-hydrogen) atoms. The second-order valence-corrected chi connectivity index (χ2v) is 23.1. The van der Waals surface area contributed by atoms with Crippen molar-refractivity contribution in [3.63, 3.8) is 0 Å². The number of ether oxygens (including phenoxy) is 3. The first-order chi connectivity index (χ1) is 28.3. The van der Waals surface area contributed by atoms with Crippen LogP contribution in [0.4, 0.5) is 35.3 Å². The zero-order valence-electron chi connectivity index (χ0n) is 34.7. The maximum Gasteiger partial charge on any atom is 0.471 e. The van der Waals surface area contributed by atoms with Crippen molar-refractivity contribution in [1.29, 1.82) is 0 Å². The molecule has 0 aliphatic carbocycles. The monoisotopic (exact) mass is 888 g/mol. The number of para-hydroxylation sites is 2. The quantitative estimate of drug-likeness (QED) is 0.0344. The zero-order valence-corrected chi connectivity index (χ0v) is 37.3. The third-order valence-corrected chi connectivity index (χ3v) is 16.1. The lowest BCUT2D eigenvalue weighted by atomic mass is 10.2. The number of nitrogens with zero attached hydrogens (tertiary/aromatic N) is 4. The van der Waals surface area contributed by atoms with Crippen LogP contribution in [0.1, 0.15) is 52.8 Å². The highest BCUT2D eigenvalue weighted by molar-refractivity contribution is 8.76. The van der Waals surface area contributed by atoms with Gasteiger partial charge in [-0.05, 0) is 54.6 Å². The third kappa shape index (κ3) is 11.7. The van der Waals surface area contributed by atoms with Crippen molar-refractivity contribution < 1.29 is 46.5 Å². The molecule has 4 atom stereocenters. The molecule has 5 rings (SSSR count). The van der Waals surface area contributed by atoms with Crippen LogP contribution in [0.2, 0.25) is 18.1 Å². The average molecular weight is 889 g/mol. The number of hydrogen-bond donors (Lipinski definition) is 3. The highest BCUT2D eigenvalue weighted by Gasteiger charge is 2.43. The number of alkyl halides is 3. The highest BCUT2D eigenvalue weighted by atomic mass is 33.1. The molecule has 2 aromatic heterocycles. The molecule has 1 aliphatic heterocycles. The highest BCUT2D eigenvalue weighted by Crippen LogP contribution is 2.41. The van der Waals surface area contributed by atoms with Crippen molar-refractivity contribution in [2.75, 3.05) is 35.6 Å². The zero-order chi connectivity index (χ0) is 43.8. The molecule has 2 aromatic carbocycles. The predicted octanol–water partition coefficient (Wildman–Crippen LogP) is 8.85. The first-order valence-electron chi connectivity index (χ1n) is 19.2. The second-order valence-electron chi connectivity index (χ2n) is 15.7. The molecule has 324 valence electrons. The van der Waals surface area contributed by atoms with Crippen LogP contribution < -0.4 is 20.3 Å². The van der Waals surface area contributed by atoms with Gasteiger partial charge in [-0.1, -0.05) is 104 Å². The number of rotatable bonds is 15. The van der Waals surface area contributed by atoms with Gasteiger partial charge in [0.1, 0.15) is 24.5 Å². The first-order valence-corrected chi connectivity index (χ1v) is 24.8. The minimum Gasteiger partial charge on any atom is -0.414 e. The van der Waals surface area contributed by atoms with Gasteiger partial charge in [0.2, 0.25) is 11.8 Å². The van der Waals surface area contributed by atoms with E-state index in [2.05, 4.69) is 56.0 Å². The van der Waals surface area contributed by atoms with Crippen LogP contribution in [0, 0.1) is 17.8 Å². The molecular formula is C41H51F3N6O7S2Si. The summed E-state index contributed by atoms with van der Waals surface area (Å²) in [7, 11) is 0.891. The summed E-state index contributed by atoms with van der Waals surface area (Å²) in [5.41, 5.74) is 1.31. The van der Waals surface area contributed by atoms with Crippen LogP contribution >= 0.6 is 21.6 Å². The Morgan fingerprint density at radius 1 is 1.07 bits per heavy atom. The number of aliphatic hydroxyl groups is 1. The molecule has 1 unspecified atom stereocenters. The summed E-state index contributed by atoms with van der Waals surface area (Å²) < 4.78 is 66.4. The van der Waals surface area contributed by atoms with Crippen molar-refractivity contribution in [2.45, 2.75) is 90.0 Å². The number of aliphatic hydroxyl groups excluding tert-OH is 1. The van der Waals surface area contributed by atoms with Gasteiger partial charge < -0.3 is 38.9 Å². The first kappa shape index (κ1) is 46.8. The van der Waals surface area contributed by atoms with Crippen molar-refractivity contribution in [3.8, 4) is 17.7 Å². The molecule has 13 nitrogen and oxygen atoms in total. The number of benzene rings is 2. The van der Waals surface area contributed by atoms with Crippen molar-refractivity contribution in [2.24, 2.45) is 5.92 Å². The number of aromatic nitrogens is 3. The van der Waals surface area contributed by atoms with E-state index in [-0.39, 0.29) is 46.0 Å². The molecule has 1 aliphatic rings. The maximum atomic E-state index is 14.4. The fraction of sp³-hybridized carbons (Fsp3) is 0.463. The minimum absolute atomic E-state index is 0.0643. The van der Waals surface area contributed by atoms with Crippen molar-refractivity contribution >= 4 is 70.3 Å². The van der Waals surface area contributed by atoms with E-state index in [1.807, 2.05) is 6.26 Å². The maximum absolute atomic E-state index is 14.4. The average Bonchev–Trinajstić information content (AvgIpc) is 3.76. The lowest BCUT2D eigenvalue weighted by molar-refractivity contribution is -0.173. The summed E-state index contributed by atoms with van der Waals surface area (Å²) in [5, 5.41) is 15.6. The van der Waals surface area contributed by atoms with E-state index < -0.39 is 57.7 Å². The summed E-state index contributed by atoms with van der Waals surface area (Å²) in [6, 6.07) is 17.6. The molecule has 2 amide bonds. The van der Waals surface area contributed by atoms with Gasteiger partial charge in [0.05, 0.1) is 41.6 Å².